The van der Waals surface area contributed by atoms with E-state index in [9.17, 15) is 9.59 Å². The minimum atomic E-state index is -0.691. The van der Waals surface area contributed by atoms with Crippen molar-refractivity contribution in [3.05, 3.63) is 41.3 Å². The van der Waals surface area contributed by atoms with E-state index in [1.54, 1.807) is 24.3 Å². The number of amides is 2. The number of rotatable bonds is 3. The van der Waals surface area contributed by atoms with Crippen LogP contribution in [0, 0.1) is 0 Å². The summed E-state index contributed by atoms with van der Waals surface area (Å²) in [5, 5.41) is 0.869. The molecule has 0 aliphatic carbocycles. The highest BCUT2D eigenvalue weighted by Crippen LogP contribution is 2.34. The van der Waals surface area contributed by atoms with Crippen LogP contribution in [0.3, 0.4) is 0 Å². The Bertz CT molecular complexity index is 823. The van der Waals surface area contributed by atoms with E-state index in [1.807, 2.05) is 30.3 Å². The van der Waals surface area contributed by atoms with E-state index in [1.165, 1.54) is 11.3 Å². The van der Waals surface area contributed by atoms with E-state index in [2.05, 4.69) is 20.6 Å². The third kappa shape index (κ3) is 3.49. The number of carbonyl (C=O) groups excluding carboxylic acids is 2. The van der Waals surface area contributed by atoms with E-state index < -0.39 is 12.0 Å². The standard InChI is InChI=1S/C15H13N3O3S2/c1-2-21-15(20)18-17-13(19)11-7-8-12(22-11)14-16-9-5-3-4-6-10(9)23-14/h3-8H,2H2,1H3,(H,17,19)(H,18,20). The second-order valence-electron chi connectivity index (χ2n) is 4.45. The molecule has 0 saturated heterocycles. The van der Waals surface area contributed by atoms with Crippen LogP contribution in [0.1, 0.15) is 16.6 Å². The first-order valence-corrected chi connectivity index (χ1v) is 8.49. The lowest BCUT2D eigenvalue weighted by molar-refractivity contribution is 0.0916. The predicted octanol–water partition coefficient (Wildman–Crippen LogP) is 3.42. The van der Waals surface area contributed by atoms with Crippen LogP contribution in [0.4, 0.5) is 4.79 Å². The first kappa shape index (κ1) is 15.4. The minimum absolute atomic E-state index is 0.239. The van der Waals surface area contributed by atoms with Crippen molar-refractivity contribution < 1.29 is 14.3 Å². The van der Waals surface area contributed by atoms with Gasteiger partial charge in [-0.3, -0.25) is 10.2 Å². The third-order valence-corrected chi connectivity index (χ3v) is 5.18. The quantitative estimate of drug-likeness (QED) is 0.712. The molecule has 0 saturated carbocycles. The van der Waals surface area contributed by atoms with Gasteiger partial charge in [-0.2, -0.15) is 0 Å². The Morgan fingerprint density at radius 2 is 1.96 bits per heavy atom. The molecular formula is C15H13N3O3S2. The largest absolute Gasteiger partial charge is 0.449 e. The molecule has 0 fully saturated rings. The van der Waals surface area contributed by atoms with E-state index in [0.717, 1.165) is 20.1 Å². The number of para-hydroxylation sites is 1. The molecule has 1 aromatic carbocycles. The van der Waals surface area contributed by atoms with Crippen molar-refractivity contribution in [2.75, 3.05) is 6.61 Å². The van der Waals surface area contributed by atoms with Crippen molar-refractivity contribution in [2.45, 2.75) is 6.92 Å². The summed E-state index contributed by atoms with van der Waals surface area (Å²) < 4.78 is 5.77. The molecule has 3 rings (SSSR count). The average molecular weight is 347 g/mol. The molecule has 118 valence electrons. The van der Waals surface area contributed by atoms with Crippen LogP contribution in [0.5, 0.6) is 0 Å². The second kappa shape index (κ2) is 6.76. The fourth-order valence-corrected chi connectivity index (χ4v) is 3.81. The first-order chi connectivity index (χ1) is 11.2. The number of nitrogens with zero attached hydrogens (tertiary/aromatic N) is 1. The van der Waals surface area contributed by atoms with Gasteiger partial charge in [0.2, 0.25) is 0 Å². The summed E-state index contributed by atoms with van der Waals surface area (Å²) in [5.41, 5.74) is 5.43. The van der Waals surface area contributed by atoms with Gasteiger partial charge in [-0.1, -0.05) is 12.1 Å². The lowest BCUT2D eigenvalue weighted by Gasteiger charge is -2.05. The number of hydrogen-bond acceptors (Lipinski definition) is 6. The van der Waals surface area contributed by atoms with Gasteiger partial charge < -0.3 is 4.74 Å². The molecule has 0 aliphatic rings. The van der Waals surface area contributed by atoms with Crippen LogP contribution in [-0.2, 0) is 4.74 Å². The van der Waals surface area contributed by atoms with Gasteiger partial charge in [0.25, 0.3) is 5.91 Å². The smallest absolute Gasteiger partial charge is 0.426 e. The fraction of sp³-hybridized carbons (Fsp3) is 0.133. The Labute approximate surface area is 140 Å². The number of nitrogens with one attached hydrogen (secondary N) is 2. The van der Waals surface area contributed by atoms with Crippen LogP contribution in [0.2, 0.25) is 0 Å². The molecule has 0 aliphatic heterocycles. The van der Waals surface area contributed by atoms with Gasteiger partial charge in [-0.15, -0.1) is 22.7 Å². The maximum Gasteiger partial charge on any atom is 0.426 e. The molecule has 0 unspecified atom stereocenters. The normalized spacial score (nSPS) is 10.5. The molecule has 2 N–H and O–H groups in total. The van der Waals surface area contributed by atoms with Crippen molar-refractivity contribution >= 4 is 44.9 Å². The summed E-state index contributed by atoms with van der Waals surface area (Å²) >= 11 is 2.90. The van der Waals surface area contributed by atoms with Crippen molar-refractivity contribution in [3.8, 4) is 9.88 Å². The van der Waals surface area contributed by atoms with Gasteiger partial charge in [0.1, 0.15) is 5.01 Å². The summed E-state index contributed by atoms with van der Waals surface area (Å²) in [6.07, 6.45) is -0.691. The summed E-state index contributed by atoms with van der Waals surface area (Å²) in [4.78, 5) is 29.1. The average Bonchev–Trinajstić information content (AvgIpc) is 3.19. The third-order valence-electron chi connectivity index (χ3n) is 2.89. The number of thiophene rings is 1. The van der Waals surface area contributed by atoms with Gasteiger partial charge >= 0.3 is 6.09 Å². The zero-order chi connectivity index (χ0) is 16.2. The monoisotopic (exact) mass is 347 g/mol. The van der Waals surface area contributed by atoms with Crippen molar-refractivity contribution in [1.82, 2.24) is 15.8 Å². The van der Waals surface area contributed by atoms with Gasteiger partial charge in [0.15, 0.2) is 0 Å². The minimum Gasteiger partial charge on any atom is -0.449 e. The number of fused-ring (bicyclic) bond motifs is 1. The summed E-state index contributed by atoms with van der Waals surface area (Å²) in [7, 11) is 0. The van der Waals surface area contributed by atoms with Gasteiger partial charge in [-0.05, 0) is 31.2 Å². The Morgan fingerprint density at radius 3 is 2.74 bits per heavy atom. The summed E-state index contributed by atoms with van der Waals surface area (Å²) in [6.45, 7) is 1.92. The maximum atomic E-state index is 12.0. The fourth-order valence-electron chi connectivity index (χ4n) is 1.89. The number of carbonyl (C=O) groups is 2. The van der Waals surface area contributed by atoms with Crippen LogP contribution in [0.15, 0.2) is 36.4 Å². The molecular weight excluding hydrogens is 334 g/mol. The van der Waals surface area contributed by atoms with Gasteiger partial charge in [0, 0.05) is 0 Å². The van der Waals surface area contributed by atoms with Crippen molar-refractivity contribution in [3.63, 3.8) is 0 Å². The molecule has 0 bridgehead atoms. The summed E-state index contributed by atoms with van der Waals surface area (Å²) in [5.74, 6) is -0.393. The van der Waals surface area contributed by atoms with Crippen LogP contribution >= 0.6 is 22.7 Å². The Balaban J connectivity index is 1.72. The van der Waals surface area contributed by atoms with Gasteiger partial charge in [0.05, 0.1) is 26.6 Å². The molecule has 6 nitrogen and oxygen atoms in total. The van der Waals surface area contributed by atoms with Crippen LogP contribution in [0.25, 0.3) is 20.1 Å². The lowest BCUT2D eigenvalue weighted by atomic mass is 10.3. The number of aromatic nitrogens is 1. The Hall–Kier alpha value is -2.45. The molecule has 2 heterocycles. The zero-order valence-corrected chi connectivity index (χ0v) is 13.8. The SMILES string of the molecule is CCOC(=O)NNC(=O)c1ccc(-c2nc3ccccc3s2)s1. The number of thiazole rings is 1. The van der Waals surface area contributed by atoms with Crippen molar-refractivity contribution in [1.29, 1.82) is 0 Å². The number of ether oxygens (including phenoxy) is 1. The van der Waals surface area contributed by atoms with E-state index in [0.29, 0.717) is 4.88 Å². The van der Waals surface area contributed by atoms with E-state index in [-0.39, 0.29) is 6.61 Å². The molecule has 0 radical (unpaired) electrons. The lowest BCUT2D eigenvalue weighted by Crippen LogP contribution is -2.41. The Morgan fingerprint density at radius 1 is 1.13 bits per heavy atom. The molecule has 8 heteroatoms. The molecule has 2 aromatic heterocycles. The highest BCUT2D eigenvalue weighted by Gasteiger charge is 2.13. The molecule has 0 spiro atoms. The van der Waals surface area contributed by atoms with Crippen LogP contribution < -0.4 is 10.9 Å². The molecule has 23 heavy (non-hydrogen) atoms. The zero-order valence-electron chi connectivity index (χ0n) is 12.2. The van der Waals surface area contributed by atoms with E-state index >= 15 is 0 Å². The highest BCUT2D eigenvalue weighted by molar-refractivity contribution is 7.26. The van der Waals surface area contributed by atoms with Crippen molar-refractivity contribution in [2.24, 2.45) is 0 Å². The summed E-state index contributed by atoms with van der Waals surface area (Å²) in [6, 6.07) is 11.4. The second-order valence-corrected chi connectivity index (χ2v) is 6.56. The maximum absolute atomic E-state index is 12.0. The van der Waals surface area contributed by atoms with Crippen LogP contribution in [-0.4, -0.2) is 23.6 Å². The topological polar surface area (TPSA) is 80.3 Å². The number of hydrazine groups is 1. The predicted molar refractivity (Wildman–Crippen MR) is 90.6 cm³/mol. The number of benzene rings is 1. The Kier molecular flexibility index (Phi) is 4.54. The number of hydrogen-bond donors (Lipinski definition) is 2. The molecule has 2 amide bonds. The molecule has 3 aromatic rings. The van der Waals surface area contributed by atoms with Gasteiger partial charge in [-0.25, -0.2) is 15.2 Å². The first-order valence-electron chi connectivity index (χ1n) is 6.86. The molecule has 0 atom stereocenters. The van der Waals surface area contributed by atoms with E-state index in [4.69, 9.17) is 0 Å². The highest BCUT2D eigenvalue weighted by atomic mass is 32.1.